The molecular weight excluding hydrogens is 400 g/mol. The van der Waals surface area contributed by atoms with Crippen LogP contribution in [0.4, 0.5) is 0 Å². The SMILES string of the molecule is CC(C)(CN)NC(=O)c1csc(-c2ccc(Cl)cc2Cl)n1.Cl.Cl. The van der Waals surface area contributed by atoms with Crippen LogP contribution in [0.3, 0.4) is 0 Å². The van der Waals surface area contributed by atoms with Gasteiger partial charge in [-0.3, -0.25) is 4.79 Å². The van der Waals surface area contributed by atoms with Gasteiger partial charge in [-0.1, -0.05) is 23.2 Å². The van der Waals surface area contributed by atoms with Gasteiger partial charge in [0.05, 0.1) is 5.02 Å². The first-order valence-electron chi connectivity index (χ1n) is 6.26. The zero-order valence-electron chi connectivity index (χ0n) is 12.4. The van der Waals surface area contributed by atoms with E-state index in [2.05, 4.69) is 10.3 Å². The zero-order chi connectivity index (χ0) is 15.6. The molecule has 1 heterocycles. The van der Waals surface area contributed by atoms with Crippen LogP contribution in [-0.4, -0.2) is 23.0 Å². The van der Waals surface area contributed by atoms with Crippen molar-refractivity contribution in [1.29, 1.82) is 0 Å². The van der Waals surface area contributed by atoms with E-state index >= 15 is 0 Å². The number of thiazole rings is 1. The number of halogens is 4. The molecule has 2 rings (SSSR count). The molecule has 0 bridgehead atoms. The maximum absolute atomic E-state index is 12.1. The van der Waals surface area contributed by atoms with Crippen LogP contribution >= 0.6 is 59.4 Å². The summed E-state index contributed by atoms with van der Waals surface area (Å²) in [5.41, 5.74) is 6.23. The Morgan fingerprint density at radius 3 is 2.57 bits per heavy atom. The largest absolute Gasteiger partial charge is 0.345 e. The smallest absolute Gasteiger partial charge is 0.271 e. The Labute approximate surface area is 161 Å². The molecule has 1 amide bonds. The van der Waals surface area contributed by atoms with Crippen LogP contribution in [0.15, 0.2) is 23.6 Å². The third-order valence-electron chi connectivity index (χ3n) is 2.86. The molecule has 1 aromatic heterocycles. The van der Waals surface area contributed by atoms with Crippen LogP contribution in [0.1, 0.15) is 24.3 Å². The van der Waals surface area contributed by atoms with E-state index in [1.165, 1.54) is 11.3 Å². The molecule has 0 saturated heterocycles. The van der Waals surface area contributed by atoms with Crippen LogP contribution in [0.25, 0.3) is 10.6 Å². The van der Waals surface area contributed by atoms with Crippen LogP contribution in [-0.2, 0) is 0 Å². The second-order valence-electron chi connectivity index (χ2n) is 5.20. The van der Waals surface area contributed by atoms with E-state index in [4.69, 9.17) is 28.9 Å². The number of nitrogens with two attached hydrogens (primary N) is 1. The fourth-order valence-electron chi connectivity index (χ4n) is 1.59. The van der Waals surface area contributed by atoms with E-state index in [0.29, 0.717) is 27.3 Å². The number of carbonyl (C=O) groups excluding carboxylic acids is 1. The summed E-state index contributed by atoms with van der Waals surface area (Å²) >= 11 is 13.4. The first-order valence-corrected chi connectivity index (χ1v) is 7.89. The Morgan fingerprint density at radius 2 is 2.00 bits per heavy atom. The van der Waals surface area contributed by atoms with Crippen molar-refractivity contribution in [1.82, 2.24) is 10.3 Å². The zero-order valence-corrected chi connectivity index (χ0v) is 16.4. The van der Waals surface area contributed by atoms with Gasteiger partial charge in [-0.25, -0.2) is 4.98 Å². The third-order valence-corrected chi connectivity index (χ3v) is 4.28. The molecule has 128 valence electrons. The van der Waals surface area contributed by atoms with Gasteiger partial charge >= 0.3 is 0 Å². The van der Waals surface area contributed by atoms with Crippen LogP contribution in [0, 0.1) is 0 Å². The van der Waals surface area contributed by atoms with E-state index in [0.717, 1.165) is 5.56 Å². The highest BCUT2D eigenvalue weighted by Gasteiger charge is 2.21. The number of carbonyl (C=O) groups is 1. The van der Waals surface area contributed by atoms with Gasteiger partial charge in [0.25, 0.3) is 5.91 Å². The molecule has 1 aromatic carbocycles. The lowest BCUT2D eigenvalue weighted by molar-refractivity contribution is 0.0911. The van der Waals surface area contributed by atoms with Gasteiger partial charge in [0.15, 0.2) is 0 Å². The van der Waals surface area contributed by atoms with Crippen LogP contribution < -0.4 is 11.1 Å². The third kappa shape index (κ3) is 5.78. The fraction of sp³-hybridized carbons (Fsp3) is 0.286. The Hall–Kier alpha value is -0.560. The molecule has 0 radical (unpaired) electrons. The maximum Gasteiger partial charge on any atom is 0.271 e. The second kappa shape index (κ2) is 9.06. The lowest BCUT2D eigenvalue weighted by Gasteiger charge is -2.23. The fourth-order valence-corrected chi connectivity index (χ4v) is 2.98. The van der Waals surface area contributed by atoms with E-state index in [1.54, 1.807) is 23.6 Å². The summed E-state index contributed by atoms with van der Waals surface area (Å²) in [6.07, 6.45) is 0. The van der Waals surface area contributed by atoms with Crippen molar-refractivity contribution in [2.45, 2.75) is 19.4 Å². The molecule has 2 aromatic rings. The summed E-state index contributed by atoms with van der Waals surface area (Å²) in [4.78, 5) is 16.5. The number of aromatic nitrogens is 1. The van der Waals surface area contributed by atoms with Gasteiger partial charge in [-0.2, -0.15) is 0 Å². The van der Waals surface area contributed by atoms with Crippen molar-refractivity contribution in [2.24, 2.45) is 5.73 Å². The number of amides is 1. The molecule has 0 spiro atoms. The number of benzene rings is 1. The van der Waals surface area contributed by atoms with Gasteiger partial charge in [-0.05, 0) is 32.0 Å². The molecule has 0 saturated carbocycles. The van der Waals surface area contributed by atoms with Crippen molar-refractivity contribution < 1.29 is 4.79 Å². The molecule has 23 heavy (non-hydrogen) atoms. The predicted molar refractivity (Wildman–Crippen MR) is 103 cm³/mol. The van der Waals surface area contributed by atoms with Crippen molar-refractivity contribution in [3.63, 3.8) is 0 Å². The number of hydrogen-bond donors (Lipinski definition) is 2. The quantitative estimate of drug-likeness (QED) is 0.774. The Balaban J connectivity index is 0.00000242. The standard InChI is InChI=1S/C14H15Cl2N3OS.2ClH/c1-14(2,7-17)19-12(20)11-6-21-13(18-11)9-4-3-8(15)5-10(9)16;;/h3-6H,7,17H2,1-2H3,(H,19,20);2*1H. The van der Waals surface area contributed by atoms with Crippen molar-refractivity contribution in [2.75, 3.05) is 6.54 Å². The highest BCUT2D eigenvalue weighted by molar-refractivity contribution is 7.13. The average Bonchev–Trinajstić information content (AvgIpc) is 2.88. The molecule has 0 fully saturated rings. The molecular formula is C14H17Cl4N3OS. The Morgan fingerprint density at radius 1 is 1.35 bits per heavy atom. The lowest BCUT2D eigenvalue weighted by Crippen LogP contribution is -2.48. The van der Waals surface area contributed by atoms with Crippen molar-refractivity contribution in [3.8, 4) is 10.6 Å². The predicted octanol–water partition coefficient (Wildman–Crippen LogP) is 4.43. The van der Waals surface area contributed by atoms with E-state index in [1.807, 2.05) is 13.8 Å². The molecule has 0 aliphatic heterocycles. The maximum atomic E-state index is 12.1. The molecule has 0 aliphatic rings. The van der Waals surface area contributed by atoms with E-state index < -0.39 is 5.54 Å². The van der Waals surface area contributed by atoms with Crippen molar-refractivity contribution in [3.05, 3.63) is 39.3 Å². The van der Waals surface area contributed by atoms with Gasteiger partial charge in [-0.15, -0.1) is 36.2 Å². The molecule has 0 atom stereocenters. The second-order valence-corrected chi connectivity index (χ2v) is 6.91. The Bertz CT molecular complexity index is 676. The van der Waals surface area contributed by atoms with Crippen LogP contribution in [0.5, 0.6) is 0 Å². The average molecular weight is 417 g/mol. The Kier molecular flexibility index (Phi) is 8.84. The van der Waals surface area contributed by atoms with Gasteiger partial charge in [0.2, 0.25) is 0 Å². The van der Waals surface area contributed by atoms with Gasteiger partial charge in [0.1, 0.15) is 10.7 Å². The van der Waals surface area contributed by atoms with Crippen LogP contribution in [0.2, 0.25) is 10.0 Å². The highest BCUT2D eigenvalue weighted by atomic mass is 35.5. The van der Waals surface area contributed by atoms with E-state index in [9.17, 15) is 4.79 Å². The summed E-state index contributed by atoms with van der Waals surface area (Å²) in [6, 6.07) is 5.17. The summed E-state index contributed by atoms with van der Waals surface area (Å²) in [7, 11) is 0. The highest BCUT2D eigenvalue weighted by Crippen LogP contribution is 2.32. The van der Waals surface area contributed by atoms with Gasteiger partial charge in [0, 0.05) is 28.0 Å². The number of rotatable bonds is 4. The summed E-state index contributed by atoms with van der Waals surface area (Å²) in [5, 5.41) is 6.27. The summed E-state index contributed by atoms with van der Waals surface area (Å²) in [5.74, 6) is -0.252. The van der Waals surface area contributed by atoms with Crippen molar-refractivity contribution >= 4 is 65.3 Å². The first-order chi connectivity index (χ1) is 9.82. The molecule has 3 N–H and O–H groups in total. The summed E-state index contributed by atoms with van der Waals surface area (Å²) in [6.45, 7) is 4.06. The minimum atomic E-state index is -0.473. The van der Waals surface area contributed by atoms with E-state index in [-0.39, 0.29) is 30.7 Å². The molecule has 0 unspecified atom stereocenters. The molecule has 0 aliphatic carbocycles. The monoisotopic (exact) mass is 415 g/mol. The van der Waals surface area contributed by atoms with Gasteiger partial charge < -0.3 is 11.1 Å². The normalized spacial score (nSPS) is 10.5. The topological polar surface area (TPSA) is 68.0 Å². The first kappa shape index (κ1) is 22.4. The number of nitrogens with zero attached hydrogens (tertiary/aromatic N) is 1. The summed E-state index contributed by atoms with van der Waals surface area (Å²) < 4.78 is 0. The number of nitrogens with one attached hydrogen (secondary N) is 1. The minimum absolute atomic E-state index is 0. The molecule has 4 nitrogen and oxygen atoms in total. The number of hydrogen-bond acceptors (Lipinski definition) is 4. The minimum Gasteiger partial charge on any atom is -0.345 e. The molecule has 9 heteroatoms. The lowest BCUT2D eigenvalue weighted by atomic mass is 10.1.